The Kier molecular flexibility index (Phi) is 4.17. The minimum atomic E-state index is 0.0696. The number of nitrogens with zero attached hydrogens (tertiary/aromatic N) is 6. The Morgan fingerprint density at radius 2 is 2.25 bits per heavy atom. The van der Waals surface area contributed by atoms with Gasteiger partial charge in [0.2, 0.25) is 0 Å². The molecule has 1 fully saturated rings. The van der Waals surface area contributed by atoms with Gasteiger partial charge < -0.3 is 4.74 Å². The van der Waals surface area contributed by atoms with E-state index >= 15 is 0 Å². The first kappa shape index (κ1) is 15.5. The number of thiazole rings is 1. The van der Waals surface area contributed by atoms with Crippen molar-refractivity contribution in [1.29, 1.82) is 0 Å². The summed E-state index contributed by atoms with van der Waals surface area (Å²) in [6, 6.07) is 4.02. The maximum absolute atomic E-state index is 5.92. The van der Waals surface area contributed by atoms with E-state index in [-0.39, 0.29) is 6.10 Å². The van der Waals surface area contributed by atoms with Gasteiger partial charge in [0, 0.05) is 51.5 Å². The molecule has 0 bridgehead atoms. The predicted molar refractivity (Wildman–Crippen MR) is 91.5 cm³/mol. The van der Waals surface area contributed by atoms with Crippen molar-refractivity contribution in [2.45, 2.75) is 12.6 Å². The first-order valence-electron chi connectivity index (χ1n) is 7.95. The molecule has 4 heterocycles. The van der Waals surface area contributed by atoms with Crippen LogP contribution in [0.4, 0.5) is 0 Å². The van der Waals surface area contributed by atoms with E-state index in [0.717, 1.165) is 48.3 Å². The zero-order valence-corrected chi connectivity index (χ0v) is 14.6. The summed E-state index contributed by atoms with van der Waals surface area (Å²) in [5, 5.41) is 11.8. The highest BCUT2D eigenvalue weighted by molar-refractivity contribution is 7.13. The second-order valence-corrected chi connectivity index (χ2v) is 6.85. The monoisotopic (exact) mass is 344 g/mol. The average Bonchev–Trinajstić information content (AvgIpc) is 3.29. The lowest BCUT2D eigenvalue weighted by Crippen LogP contribution is -2.38. The molecule has 1 saturated heterocycles. The summed E-state index contributed by atoms with van der Waals surface area (Å²) in [5.74, 6) is 0. The molecule has 0 amide bonds. The lowest BCUT2D eigenvalue weighted by atomic mass is 10.2. The molecule has 0 radical (unpaired) electrons. The average molecular weight is 344 g/mol. The van der Waals surface area contributed by atoms with Crippen molar-refractivity contribution >= 4 is 11.3 Å². The van der Waals surface area contributed by atoms with Crippen molar-refractivity contribution in [3.8, 4) is 10.7 Å². The van der Waals surface area contributed by atoms with E-state index < -0.39 is 0 Å². The third-order valence-electron chi connectivity index (χ3n) is 4.21. The SMILES string of the molecule is Cn1ccc(-c2nc(CN3CCOC(c4ccnn4C)C3)cs2)n1. The fraction of sp³-hybridized carbons (Fsp3) is 0.438. The van der Waals surface area contributed by atoms with Crippen LogP contribution < -0.4 is 0 Å². The van der Waals surface area contributed by atoms with Gasteiger partial charge in [0.1, 0.15) is 16.8 Å². The van der Waals surface area contributed by atoms with E-state index in [4.69, 9.17) is 9.72 Å². The second kappa shape index (κ2) is 6.46. The van der Waals surface area contributed by atoms with Gasteiger partial charge in [-0.1, -0.05) is 0 Å². The molecule has 0 saturated carbocycles. The van der Waals surface area contributed by atoms with E-state index in [9.17, 15) is 0 Å². The van der Waals surface area contributed by atoms with Crippen LogP contribution in [0.25, 0.3) is 10.7 Å². The number of hydrogen-bond acceptors (Lipinski definition) is 6. The highest BCUT2D eigenvalue weighted by Crippen LogP contribution is 2.25. The van der Waals surface area contributed by atoms with Crippen LogP contribution in [-0.2, 0) is 25.4 Å². The molecular weight excluding hydrogens is 324 g/mol. The zero-order valence-electron chi connectivity index (χ0n) is 13.8. The highest BCUT2D eigenvalue weighted by atomic mass is 32.1. The molecule has 7 nitrogen and oxygen atoms in total. The van der Waals surface area contributed by atoms with Gasteiger partial charge in [-0.05, 0) is 12.1 Å². The van der Waals surface area contributed by atoms with Crippen molar-refractivity contribution in [2.75, 3.05) is 19.7 Å². The van der Waals surface area contributed by atoms with Crippen molar-refractivity contribution in [3.05, 3.63) is 41.3 Å². The lowest BCUT2D eigenvalue weighted by molar-refractivity contribution is -0.0369. The van der Waals surface area contributed by atoms with Gasteiger partial charge in [-0.3, -0.25) is 14.3 Å². The highest BCUT2D eigenvalue weighted by Gasteiger charge is 2.24. The fourth-order valence-corrected chi connectivity index (χ4v) is 3.75. The molecule has 1 unspecified atom stereocenters. The van der Waals surface area contributed by atoms with Crippen LogP contribution in [0.15, 0.2) is 29.9 Å². The third-order valence-corrected chi connectivity index (χ3v) is 5.12. The molecule has 0 spiro atoms. The Labute approximate surface area is 144 Å². The molecule has 24 heavy (non-hydrogen) atoms. The molecule has 1 atom stereocenters. The minimum absolute atomic E-state index is 0.0696. The Morgan fingerprint density at radius 1 is 1.33 bits per heavy atom. The Bertz CT molecular complexity index is 822. The van der Waals surface area contributed by atoms with Crippen LogP contribution in [-0.4, -0.2) is 49.1 Å². The Morgan fingerprint density at radius 3 is 3.00 bits per heavy atom. The van der Waals surface area contributed by atoms with Gasteiger partial charge >= 0.3 is 0 Å². The molecule has 0 aromatic carbocycles. The summed E-state index contributed by atoms with van der Waals surface area (Å²) in [5.41, 5.74) is 3.14. The van der Waals surface area contributed by atoms with Crippen LogP contribution in [0, 0.1) is 0 Å². The first-order chi connectivity index (χ1) is 11.7. The molecule has 3 aromatic heterocycles. The van der Waals surface area contributed by atoms with Crippen LogP contribution in [0.5, 0.6) is 0 Å². The molecule has 0 N–H and O–H groups in total. The first-order valence-corrected chi connectivity index (χ1v) is 8.83. The number of rotatable bonds is 4. The van der Waals surface area contributed by atoms with Crippen LogP contribution >= 0.6 is 11.3 Å². The van der Waals surface area contributed by atoms with Gasteiger partial charge in [0.25, 0.3) is 0 Å². The van der Waals surface area contributed by atoms with Crippen molar-refractivity contribution in [3.63, 3.8) is 0 Å². The molecule has 3 aromatic rings. The van der Waals surface area contributed by atoms with E-state index in [1.165, 1.54) is 0 Å². The van der Waals surface area contributed by atoms with Gasteiger partial charge in [0.05, 0.1) is 18.0 Å². The molecule has 8 heteroatoms. The quantitative estimate of drug-likeness (QED) is 0.723. The summed E-state index contributed by atoms with van der Waals surface area (Å²) in [6.45, 7) is 3.34. The molecule has 1 aliphatic rings. The second-order valence-electron chi connectivity index (χ2n) is 5.99. The van der Waals surface area contributed by atoms with Crippen LogP contribution in [0.3, 0.4) is 0 Å². The van der Waals surface area contributed by atoms with E-state index in [1.54, 1.807) is 16.0 Å². The molecule has 0 aliphatic carbocycles. The Balaban J connectivity index is 1.44. The smallest absolute Gasteiger partial charge is 0.144 e. The fourth-order valence-electron chi connectivity index (χ4n) is 2.98. The normalized spacial score (nSPS) is 19.0. The number of aryl methyl sites for hydroxylation is 2. The summed E-state index contributed by atoms with van der Waals surface area (Å²) in [7, 11) is 3.88. The summed E-state index contributed by atoms with van der Waals surface area (Å²) >= 11 is 1.65. The van der Waals surface area contributed by atoms with E-state index in [1.807, 2.05) is 43.3 Å². The topological polar surface area (TPSA) is 61.0 Å². The largest absolute Gasteiger partial charge is 0.369 e. The molecular formula is C16H20N6OS. The van der Waals surface area contributed by atoms with E-state index in [2.05, 4.69) is 20.5 Å². The molecule has 1 aliphatic heterocycles. The summed E-state index contributed by atoms with van der Waals surface area (Å²) in [4.78, 5) is 7.12. The van der Waals surface area contributed by atoms with Crippen LogP contribution in [0.1, 0.15) is 17.5 Å². The summed E-state index contributed by atoms with van der Waals surface area (Å²) < 4.78 is 9.60. The van der Waals surface area contributed by atoms with Crippen molar-refractivity contribution in [2.24, 2.45) is 14.1 Å². The van der Waals surface area contributed by atoms with Gasteiger partial charge in [-0.25, -0.2) is 4.98 Å². The van der Waals surface area contributed by atoms with Crippen molar-refractivity contribution in [1.82, 2.24) is 29.4 Å². The number of ether oxygens (including phenoxy) is 1. The standard InChI is InChI=1S/C16H20N6OS/c1-20-6-4-13(19-20)16-18-12(11-24-16)9-22-7-8-23-15(10-22)14-3-5-17-21(14)2/h3-6,11,15H,7-10H2,1-2H3. The molecule has 126 valence electrons. The summed E-state index contributed by atoms with van der Waals surface area (Å²) in [6.07, 6.45) is 3.83. The lowest BCUT2D eigenvalue weighted by Gasteiger charge is -2.32. The minimum Gasteiger partial charge on any atom is -0.369 e. The van der Waals surface area contributed by atoms with Gasteiger partial charge in [-0.15, -0.1) is 11.3 Å². The Hall–Kier alpha value is -2.03. The number of hydrogen-bond donors (Lipinski definition) is 0. The number of morpholine rings is 1. The maximum atomic E-state index is 5.92. The van der Waals surface area contributed by atoms with Crippen LogP contribution in [0.2, 0.25) is 0 Å². The number of aromatic nitrogens is 5. The van der Waals surface area contributed by atoms with Gasteiger partial charge in [-0.2, -0.15) is 10.2 Å². The maximum Gasteiger partial charge on any atom is 0.144 e. The zero-order chi connectivity index (χ0) is 16.5. The predicted octanol–water partition coefficient (Wildman–Crippen LogP) is 1.85. The third kappa shape index (κ3) is 3.12. The molecule has 4 rings (SSSR count). The van der Waals surface area contributed by atoms with Gasteiger partial charge in [0.15, 0.2) is 0 Å². The van der Waals surface area contributed by atoms with Crippen molar-refractivity contribution < 1.29 is 4.74 Å². The van der Waals surface area contributed by atoms with E-state index in [0.29, 0.717) is 0 Å².